The number of hydrogen-bond acceptors (Lipinski definition) is 5. The van der Waals surface area contributed by atoms with Gasteiger partial charge in [0.05, 0.1) is 17.1 Å². The van der Waals surface area contributed by atoms with Crippen LogP contribution in [-0.4, -0.2) is 29.4 Å². The van der Waals surface area contributed by atoms with Crippen LogP contribution in [0, 0.1) is 10.1 Å². The van der Waals surface area contributed by atoms with Crippen LogP contribution in [0.2, 0.25) is 0 Å². The van der Waals surface area contributed by atoms with Gasteiger partial charge < -0.3 is 10.1 Å². The molecule has 1 saturated heterocycles. The number of rotatable bonds is 4. The van der Waals surface area contributed by atoms with Crippen LogP contribution in [0.1, 0.15) is 12.0 Å². The van der Waals surface area contributed by atoms with Crippen LogP contribution >= 0.6 is 0 Å². The number of carbonyl (C=O) groups is 2. The van der Waals surface area contributed by atoms with Crippen LogP contribution < -0.4 is 5.32 Å². The van der Waals surface area contributed by atoms with Crippen molar-refractivity contribution >= 4 is 23.6 Å². The van der Waals surface area contributed by atoms with E-state index >= 15 is 0 Å². The van der Waals surface area contributed by atoms with Gasteiger partial charge in [0.1, 0.15) is 6.04 Å². The molecule has 0 aromatic heterocycles. The topological polar surface area (TPSA) is 98.5 Å². The van der Waals surface area contributed by atoms with Crippen molar-refractivity contribution < 1.29 is 19.2 Å². The van der Waals surface area contributed by atoms with Gasteiger partial charge in [0.2, 0.25) is 5.91 Å². The van der Waals surface area contributed by atoms with Gasteiger partial charge in [0, 0.05) is 18.6 Å². The lowest BCUT2D eigenvalue weighted by Crippen LogP contribution is -2.36. The van der Waals surface area contributed by atoms with Crippen molar-refractivity contribution in [1.82, 2.24) is 5.32 Å². The Morgan fingerprint density at radius 3 is 2.85 bits per heavy atom. The molecule has 1 atom stereocenters. The first-order valence-corrected chi connectivity index (χ1v) is 5.96. The van der Waals surface area contributed by atoms with Gasteiger partial charge in [-0.1, -0.05) is 12.1 Å². The first-order chi connectivity index (χ1) is 9.58. The molecular weight excluding hydrogens is 264 g/mol. The SMILES string of the molecule is O=C(/C=C/c1ccccc1[N+](=O)[O-])N[C@H]1CCOC1=O. The molecule has 0 saturated carbocycles. The van der Waals surface area contributed by atoms with Crippen molar-refractivity contribution in [1.29, 1.82) is 0 Å². The van der Waals surface area contributed by atoms with E-state index in [0.29, 0.717) is 12.0 Å². The van der Waals surface area contributed by atoms with Crippen molar-refractivity contribution in [2.45, 2.75) is 12.5 Å². The van der Waals surface area contributed by atoms with Gasteiger partial charge in [-0.15, -0.1) is 0 Å². The average Bonchev–Trinajstić information content (AvgIpc) is 2.82. The number of hydrogen-bond donors (Lipinski definition) is 1. The first-order valence-electron chi connectivity index (χ1n) is 5.96. The Morgan fingerprint density at radius 2 is 2.20 bits per heavy atom. The van der Waals surface area contributed by atoms with Gasteiger partial charge in [0.15, 0.2) is 0 Å². The number of cyclic esters (lactones) is 1. The highest BCUT2D eigenvalue weighted by molar-refractivity contribution is 5.95. The summed E-state index contributed by atoms with van der Waals surface area (Å²) in [4.78, 5) is 33.1. The van der Waals surface area contributed by atoms with Crippen molar-refractivity contribution in [3.8, 4) is 0 Å². The highest BCUT2D eigenvalue weighted by atomic mass is 16.6. The molecule has 1 aliphatic rings. The molecule has 104 valence electrons. The van der Waals surface area contributed by atoms with Crippen LogP contribution in [0.25, 0.3) is 6.08 Å². The zero-order chi connectivity index (χ0) is 14.5. The Balaban J connectivity index is 2.04. The molecule has 1 amide bonds. The second kappa shape index (κ2) is 5.96. The van der Waals surface area contributed by atoms with Crippen LogP contribution in [0.15, 0.2) is 30.3 Å². The zero-order valence-electron chi connectivity index (χ0n) is 10.4. The fraction of sp³-hybridized carbons (Fsp3) is 0.231. The average molecular weight is 276 g/mol. The number of nitro benzene ring substituents is 1. The van der Waals surface area contributed by atoms with E-state index < -0.39 is 22.8 Å². The van der Waals surface area contributed by atoms with Gasteiger partial charge in [-0.2, -0.15) is 0 Å². The summed E-state index contributed by atoms with van der Waals surface area (Å²) in [6.07, 6.45) is 2.94. The molecule has 2 rings (SSSR count). The molecule has 0 bridgehead atoms. The molecular formula is C13H12N2O5. The van der Waals surface area contributed by atoms with Gasteiger partial charge in [0.25, 0.3) is 5.69 Å². The molecule has 20 heavy (non-hydrogen) atoms. The van der Waals surface area contributed by atoms with E-state index in [9.17, 15) is 19.7 Å². The summed E-state index contributed by atoms with van der Waals surface area (Å²) in [7, 11) is 0. The Kier molecular flexibility index (Phi) is 4.09. The molecule has 1 heterocycles. The molecule has 7 nitrogen and oxygen atoms in total. The number of amides is 1. The fourth-order valence-corrected chi connectivity index (χ4v) is 1.81. The number of nitrogens with zero attached hydrogens (tertiary/aromatic N) is 1. The van der Waals surface area contributed by atoms with Gasteiger partial charge in [-0.05, 0) is 12.1 Å². The van der Waals surface area contributed by atoms with Crippen LogP contribution in [0.3, 0.4) is 0 Å². The lowest BCUT2D eigenvalue weighted by atomic mass is 10.1. The molecule has 1 aromatic rings. The monoisotopic (exact) mass is 276 g/mol. The standard InChI is InChI=1S/C13H12N2O5/c16-12(14-10-7-8-20-13(10)17)6-5-9-3-1-2-4-11(9)15(18)19/h1-6,10H,7-8H2,(H,14,16)/b6-5+/t10-/m0/s1. The van der Waals surface area contributed by atoms with Crippen molar-refractivity contribution in [2.24, 2.45) is 0 Å². The summed E-state index contributed by atoms with van der Waals surface area (Å²) in [6.45, 7) is 0.289. The quantitative estimate of drug-likeness (QED) is 0.383. The number of ether oxygens (including phenoxy) is 1. The third-order valence-corrected chi connectivity index (χ3v) is 2.80. The minimum Gasteiger partial charge on any atom is -0.464 e. The van der Waals surface area contributed by atoms with Gasteiger partial charge in [-0.3, -0.25) is 14.9 Å². The maximum Gasteiger partial charge on any atom is 0.328 e. The van der Waals surface area contributed by atoms with Gasteiger partial charge in [-0.25, -0.2) is 4.79 Å². The van der Waals surface area contributed by atoms with Crippen molar-refractivity contribution in [3.05, 3.63) is 46.0 Å². The Bertz CT molecular complexity index is 582. The second-order valence-corrected chi connectivity index (χ2v) is 4.17. The van der Waals surface area contributed by atoms with Gasteiger partial charge >= 0.3 is 5.97 Å². The molecule has 1 aromatic carbocycles. The lowest BCUT2D eigenvalue weighted by molar-refractivity contribution is -0.385. The molecule has 0 radical (unpaired) electrons. The van der Waals surface area contributed by atoms with Crippen molar-refractivity contribution in [2.75, 3.05) is 6.61 Å². The summed E-state index contributed by atoms with van der Waals surface area (Å²) >= 11 is 0. The minimum atomic E-state index is -0.641. The first kappa shape index (κ1) is 13.7. The van der Waals surface area contributed by atoms with E-state index in [-0.39, 0.29) is 12.3 Å². The zero-order valence-corrected chi connectivity index (χ0v) is 10.4. The third-order valence-electron chi connectivity index (χ3n) is 2.80. The smallest absolute Gasteiger partial charge is 0.328 e. The molecule has 1 N–H and O–H groups in total. The summed E-state index contributed by atoms with van der Waals surface area (Å²) in [5, 5.41) is 13.3. The number of para-hydroxylation sites is 1. The Hall–Kier alpha value is -2.70. The van der Waals surface area contributed by atoms with E-state index in [1.807, 2.05) is 0 Å². The summed E-state index contributed by atoms with van der Waals surface area (Å²) < 4.78 is 4.71. The summed E-state index contributed by atoms with van der Waals surface area (Å²) in [5.74, 6) is -0.954. The number of nitrogens with one attached hydrogen (secondary N) is 1. The van der Waals surface area contributed by atoms with E-state index in [4.69, 9.17) is 4.74 Å². The second-order valence-electron chi connectivity index (χ2n) is 4.17. The van der Waals surface area contributed by atoms with Crippen LogP contribution in [0.4, 0.5) is 5.69 Å². The predicted molar refractivity (Wildman–Crippen MR) is 69.6 cm³/mol. The highest BCUT2D eigenvalue weighted by Gasteiger charge is 2.27. The highest BCUT2D eigenvalue weighted by Crippen LogP contribution is 2.18. The van der Waals surface area contributed by atoms with Crippen LogP contribution in [0.5, 0.6) is 0 Å². The van der Waals surface area contributed by atoms with Crippen LogP contribution in [-0.2, 0) is 14.3 Å². The number of esters is 1. The predicted octanol–water partition coefficient (Wildman–Crippen LogP) is 1.04. The molecule has 1 aliphatic heterocycles. The minimum absolute atomic E-state index is 0.0863. The van der Waals surface area contributed by atoms with E-state index in [0.717, 1.165) is 6.08 Å². The largest absolute Gasteiger partial charge is 0.464 e. The van der Waals surface area contributed by atoms with E-state index in [1.54, 1.807) is 12.1 Å². The maximum absolute atomic E-state index is 11.6. The Labute approximate surface area is 114 Å². The third kappa shape index (κ3) is 3.19. The lowest BCUT2D eigenvalue weighted by Gasteiger charge is -2.05. The summed E-state index contributed by atoms with van der Waals surface area (Å²) in [5.41, 5.74) is 0.235. The normalized spacial score (nSPS) is 18.0. The van der Waals surface area contributed by atoms with Crippen molar-refractivity contribution in [3.63, 3.8) is 0 Å². The van der Waals surface area contributed by atoms with E-state index in [1.165, 1.54) is 18.2 Å². The maximum atomic E-state index is 11.6. The number of nitro groups is 1. The number of benzene rings is 1. The number of carbonyl (C=O) groups excluding carboxylic acids is 2. The fourth-order valence-electron chi connectivity index (χ4n) is 1.81. The molecule has 1 fully saturated rings. The molecule has 7 heteroatoms. The molecule has 0 unspecified atom stereocenters. The molecule has 0 spiro atoms. The molecule has 0 aliphatic carbocycles. The Morgan fingerprint density at radius 1 is 1.45 bits per heavy atom. The van der Waals surface area contributed by atoms with E-state index in [2.05, 4.69) is 5.32 Å². The summed E-state index contributed by atoms with van der Waals surface area (Å²) in [6, 6.07) is 5.43.